The summed E-state index contributed by atoms with van der Waals surface area (Å²) in [5, 5.41) is 6.28. The Balaban J connectivity index is 2.29. The number of hydrogen-bond acceptors (Lipinski definition) is 4. The van der Waals surface area contributed by atoms with Gasteiger partial charge in [-0.15, -0.1) is 0 Å². The summed E-state index contributed by atoms with van der Waals surface area (Å²) in [7, 11) is 1.67. The Hall–Kier alpha value is -0.650. The van der Waals surface area contributed by atoms with Crippen LogP contribution in [0.1, 0.15) is 20.3 Å². The van der Waals surface area contributed by atoms with Gasteiger partial charge in [-0.05, 0) is 20.3 Å². The number of hydrogen-bond donors (Lipinski definition) is 2. The second kappa shape index (κ2) is 7.63. The third-order valence-electron chi connectivity index (χ3n) is 3.25. The molecule has 0 aromatic rings. The number of nitrogens with one attached hydrogen (secondary N) is 2. The lowest BCUT2D eigenvalue weighted by Gasteiger charge is -2.37. The number of nitrogens with zero attached hydrogens (tertiary/aromatic N) is 1. The van der Waals surface area contributed by atoms with E-state index in [-0.39, 0.29) is 11.9 Å². The number of amides is 1. The van der Waals surface area contributed by atoms with Crippen LogP contribution in [0.3, 0.4) is 0 Å². The topological polar surface area (TPSA) is 53.6 Å². The van der Waals surface area contributed by atoms with Crippen LogP contribution in [-0.4, -0.2) is 62.8 Å². The zero-order chi connectivity index (χ0) is 12.7. The molecular formula is C12H25N3O2. The van der Waals surface area contributed by atoms with Gasteiger partial charge in [-0.1, -0.05) is 0 Å². The maximum absolute atomic E-state index is 11.9. The molecule has 0 radical (unpaired) electrons. The highest BCUT2D eigenvalue weighted by molar-refractivity contribution is 5.81. The average Bonchev–Trinajstić information content (AvgIpc) is 2.34. The molecule has 1 heterocycles. The average molecular weight is 243 g/mol. The van der Waals surface area contributed by atoms with Crippen LogP contribution in [0.5, 0.6) is 0 Å². The lowest BCUT2D eigenvalue weighted by molar-refractivity contribution is -0.127. The van der Waals surface area contributed by atoms with Gasteiger partial charge in [0.2, 0.25) is 5.91 Å². The maximum Gasteiger partial charge on any atom is 0.237 e. The van der Waals surface area contributed by atoms with Crippen molar-refractivity contribution < 1.29 is 9.53 Å². The van der Waals surface area contributed by atoms with Crippen molar-refractivity contribution in [2.75, 3.05) is 39.9 Å². The maximum atomic E-state index is 11.9. The molecule has 5 nitrogen and oxygen atoms in total. The minimum Gasteiger partial charge on any atom is -0.385 e. The third-order valence-corrected chi connectivity index (χ3v) is 3.25. The molecule has 1 amide bonds. The number of ether oxygens (including phenoxy) is 1. The largest absolute Gasteiger partial charge is 0.385 e. The van der Waals surface area contributed by atoms with Crippen molar-refractivity contribution in [1.29, 1.82) is 0 Å². The summed E-state index contributed by atoms with van der Waals surface area (Å²) in [6.45, 7) is 8.38. The number of methoxy groups -OCH3 is 1. The standard InChI is InChI=1S/C12H25N3O2/c1-10-9-13-6-7-15(10)11(2)12(16)14-5-4-8-17-3/h10-11,13H,4-9H2,1-3H3,(H,14,16)/t10-,11?/m0/s1. The van der Waals surface area contributed by atoms with E-state index in [4.69, 9.17) is 4.74 Å². The number of carbonyl (C=O) groups is 1. The van der Waals surface area contributed by atoms with Crippen LogP contribution in [0.4, 0.5) is 0 Å². The monoisotopic (exact) mass is 243 g/mol. The number of carbonyl (C=O) groups excluding carboxylic acids is 1. The SMILES string of the molecule is COCCCNC(=O)C(C)N1CCNC[C@@H]1C. The van der Waals surface area contributed by atoms with Crippen molar-refractivity contribution in [2.45, 2.75) is 32.4 Å². The van der Waals surface area contributed by atoms with E-state index >= 15 is 0 Å². The van der Waals surface area contributed by atoms with Gasteiger partial charge in [0.1, 0.15) is 0 Å². The Kier molecular flexibility index (Phi) is 6.47. The van der Waals surface area contributed by atoms with E-state index in [0.29, 0.717) is 19.2 Å². The molecule has 0 bridgehead atoms. The predicted molar refractivity (Wildman–Crippen MR) is 68.0 cm³/mol. The van der Waals surface area contributed by atoms with Crippen molar-refractivity contribution in [2.24, 2.45) is 0 Å². The first-order valence-electron chi connectivity index (χ1n) is 6.40. The van der Waals surface area contributed by atoms with Crippen LogP contribution >= 0.6 is 0 Å². The molecule has 1 aliphatic rings. The molecule has 2 atom stereocenters. The molecule has 1 aliphatic heterocycles. The van der Waals surface area contributed by atoms with Crippen LogP contribution < -0.4 is 10.6 Å². The van der Waals surface area contributed by atoms with E-state index in [2.05, 4.69) is 22.5 Å². The molecule has 1 saturated heterocycles. The van der Waals surface area contributed by atoms with E-state index in [0.717, 1.165) is 26.1 Å². The van der Waals surface area contributed by atoms with Crippen LogP contribution in [-0.2, 0) is 9.53 Å². The lowest BCUT2D eigenvalue weighted by Crippen LogP contribution is -2.57. The normalized spacial score (nSPS) is 23.4. The van der Waals surface area contributed by atoms with Gasteiger partial charge < -0.3 is 15.4 Å². The fourth-order valence-corrected chi connectivity index (χ4v) is 2.16. The summed E-state index contributed by atoms with van der Waals surface area (Å²) in [6.07, 6.45) is 0.867. The molecule has 0 aromatic heterocycles. The van der Waals surface area contributed by atoms with Gasteiger partial charge >= 0.3 is 0 Å². The van der Waals surface area contributed by atoms with Gasteiger partial charge in [-0.25, -0.2) is 0 Å². The molecule has 5 heteroatoms. The number of piperazine rings is 1. The molecular weight excluding hydrogens is 218 g/mol. The summed E-state index contributed by atoms with van der Waals surface area (Å²) in [5.74, 6) is 0.120. The van der Waals surface area contributed by atoms with E-state index in [1.54, 1.807) is 7.11 Å². The summed E-state index contributed by atoms with van der Waals surface area (Å²) in [4.78, 5) is 14.2. The Morgan fingerprint density at radius 1 is 1.65 bits per heavy atom. The lowest BCUT2D eigenvalue weighted by atomic mass is 10.1. The first kappa shape index (κ1) is 14.4. The molecule has 1 rings (SSSR count). The van der Waals surface area contributed by atoms with Gasteiger partial charge in [-0.2, -0.15) is 0 Å². The highest BCUT2D eigenvalue weighted by Gasteiger charge is 2.27. The van der Waals surface area contributed by atoms with E-state index in [9.17, 15) is 4.79 Å². The van der Waals surface area contributed by atoms with Crippen LogP contribution in [0.2, 0.25) is 0 Å². The summed E-state index contributed by atoms with van der Waals surface area (Å²) < 4.78 is 4.95. The molecule has 17 heavy (non-hydrogen) atoms. The Morgan fingerprint density at radius 3 is 3.06 bits per heavy atom. The fraction of sp³-hybridized carbons (Fsp3) is 0.917. The summed E-state index contributed by atoms with van der Waals surface area (Å²) in [6, 6.07) is 0.373. The van der Waals surface area contributed by atoms with Crippen molar-refractivity contribution in [3.8, 4) is 0 Å². The fourth-order valence-electron chi connectivity index (χ4n) is 2.16. The highest BCUT2D eigenvalue weighted by atomic mass is 16.5. The Labute approximate surface area is 104 Å². The van der Waals surface area contributed by atoms with Crippen LogP contribution in [0.15, 0.2) is 0 Å². The van der Waals surface area contributed by atoms with E-state index in [1.165, 1.54) is 0 Å². The van der Waals surface area contributed by atoms with Gasteiger partial charge in [0, 0.05) is 45.9 Å². The summed E-state index contributed by atoms with van der Waals surface area (Å²) in [5.41, 5.74) is 0. The second-order valence-corrected chi connectivity index (χ2v) is 4.60. The zero-order valence-corrected chi connectivity index (χ0v) is 11.2. The molecule has 1 unspecified atom stereocenters. The predicted octanol–water partition coefficient (Wildman–Crippen LogP) is -0.179. The first-order valence-corrected chi connectivity index (χ1v) is 6.40. The molecule has 100 valence electrons. The molecule has 1 fully saturated rings. The van der Waals surface area contributed by atoms with Crippen LogP contribution in [0, 0.1) is 0 Å². The van der Waals surface area contributed by atoms with Crippen molar-refractivity contribution >= 4 is 5.91 Å². The Morgan fingerprint density at radius 2 is 2.41 bits per heavy atom. The third kappa shape index (κ3) is 4.61. The van der Waals surface area contributed by atoms with Crippen LogP contribution in [0.25, 0.3) is 0 Å². The van der Waals surface area contributed by atoms with Crippen molar-refractivity contribution in [1.82, 2.24) is 15.5 Å². The van der Waals surface area contributed by atoms with E-state index < -0.39 is 0 Å². The summed E-state index contributed by atoms with van der Waals surface area (Å²) >= 11 is 0. The minimum atomic E-state index is -0.0466. The highest BCUT2D eigenvalue weighted by Crippen LogP contribution is 2.07. The quantitative estimate of drug-likeness (QED) is 0.636. The Bertz CT molecular complexity index is 236. The van der Waals surface area contributed by atoms with Gasteiger partial charge in [0.15, 0.2) is 0 Å². The molecule has 0 aromatic carbocycles. The second-order valence-electron chi connectivity index (χ2n) is 4.60. The first-order chi connectivity index (χ1) is 8.16. The molecule has 0 aliphatic carbocycles. The zero-order valence-electron chi connectivity index (χ0n) is 11.2. The van der Waals surface area contributed by atoms with Gasteiger partial charge in [0.25, 0.3) is 0 Å². The number of rotatable bonds is 6. The molecule has 0 saturated carbocycles. The van der Waals surface area contributed by atoms with E-state index in [1.807, 2.05) is 6.92 Å². The van der Waals surface area contributed by atoms with Gasteiger partial charge in [0.05, 0.1) is 6.04 Å². The van der Waals surface area contributed by atoms with Crippen molar-refractivity contribution in [3.05, 3.63) is 0 Å². The molecule has 0 spiro atoms. The van der Waals surface area contributed by atoms with Crippen molar-refractivity contribution in [3.63, 3.8) is 0 Å². The molecule has 2 N–H and O–H groups in total. The smallest absolute Gasteiger partial charge is 0.237 e. The van der Waals surface area contributed by atoms with Gasteiger partial charge in [-0.3, -0.25) is 9.69 Å². The minimum absolute atomic E-state index is 0.0466.